The molecular formula is C17H18FN7O. The number of aliphatic hydroxyl groups excluding tert-OH is 1. The second-order valence-corrected chi connectivity index (χ2v) is 5.80. The van der Waals surface area contributed by atoms with Crippen LogP contribution in [0, 0.1) is 5.82 Å². The fourth-order valence-electron chi connectivity index (χ4n) is 2.72. The maximum Gasteiger partial charge on any atom is 0.166 e. The summed E-state index contributed by atoms with van der Waals surface area (Å²) >= 11 is 0. The maximum atomic E-state index is 13.9. The van der Waals surface area contributed by atoms with E-state index in [0.717, 1.165) is 11.4 Å². The van der Waals surface area contributed by atoms with Gasteiger partial charge in [0.05, 0.1) is 25.9 Å². The van der Waals surface area contributed by atoms with Gasteiger partial charge in [0.25, 0.3) is 0 Å². The van der Waals surface area contributed by atoms with Crippen LogP contribution in [0.15, 0.2) is 65.3 Å². The van der Waals surface area contributed by atoms with E-state index in [9.17, 15) is 4.39 Å². The third-order valence-corrected chi connectivity index (χ3v) is 3.99. The number of aliphatic imine (C=N–C) groups is 1. The lowest BCUT2D eigenvalue weighted by molar-refractivity contribution is 0.269. The molecule has 1 aromatic carbocycles. The highest BCUT2D eigenvalue weighted by molar-refractivity contribution is 5.65. The molecule has 0 saturated heterocycles. The van der Waals surface area contributed by atoms with Crippen LogP contribution < -0.4 is 10.9 Å². The smallest absolute Gasteiger partial charge is 0.166 e. The van der Waals surface area contributed by atoms with Crippen LogP contribution in [0.25, 0.3) is 0 Å². The van der Waals surface area contributed by atoms with Crippen molar-refractivity contribution in [2.45, 2.75) is 13.1 Å². The van der Waals surface area contributed by atoms with E-state index in [-0.39, 0.29) is 12.4 Å². The molecule has 0 saturated carbocycles. The van der Waals surface area contributed by atoms with Crippen LogP contribution in [-0.2, 0) is 13.1 Å². The Balaban J connectivity index is 1.48. The summed E-state index contributed by atoms with van der Waals surface area (Å²) in [6.07, 6.45) is 7.04. The number of hydrogen-bond acceptors (Lipinski definition) is 7. The molecule has 0 amide bonds. The van der Waals surface area contributed by atoms with Gasteiger partial charge in [-0.2, -0.15) is 5.10 Å². The molecule has 4 rings (SSSR count). The number of anilines is 1. The van der Waals surface area contributed by atoms with Gasteiger partial charge in [0.1, 0.15) is 23.5 Å². The van der Waals surface area contributed by atoms with Crippen molar-refractivity contribution >= 4 is 12.2 Å². The summed E-state index contributed by atoms with van der Waals surface area (Å²) in [6.45, 7) is 0.832. The van der Waals surface area contributed by atoms with Crippen LogP contribution in [0.2, 0.25) is 0 Å². The van der Waals surface area contributed by atoms with E-state index in [0.29, 0.717) is 24.5 Å². The van der Waals surface area contributed by atoms with Crippen molar-refractivity contribution in [1.29, 1.82) is 0 Å². The SMILES string of the molecule is OCCn1ccc(NN2C=NC3=CNN(Cc4ccccc4F)C3=C2)n1. The minimum absolute atomic E-state index is 0.0289. The van der Waals surface area contributed by atoms with E-state index in [1.54, 1.807) is 46.6 Å². The van der Waals surface area contributed by atoms with Gasteiger partial charge in [-0.3, -0.25) is 15.1 Å². The molecule has 0 atom stereocenters. The first-order valence-electron chi connectivity index (χ1n) is 8.16. The van der Waals surface area contributed by atoms with Gasteiger partial charge < -0.3 is 10.5 Å². The van der Waals surface area contributed by atoms with E-state index < -0.39 is 0 Å². The lowest BCUT2D eigenvalue weighted by atomic mass is 10.2. The first-order valence-corrected chi connectivity index (χ1v) is 8.16. The van der Waals surface area contributed by atoms with Gasteiger partial charge in [0.2, 0.25) is 0 Å². The summed E-state index contributed by atoms with van der Waals surface area (Å²) in [5, 5.41) is 16.8. The predicted molar refractivity (Wildman–Crippen MR) is 94.5 cm³/mol. The predicted octanol–water partition coefficient (Wildman–Crippen LogP) is 1.39. The van der Waals surface area contributed by atoms with Crippen LogP contribution >= 0.6 is 0 Å². The molecule has 8 nitrogen and oxygen atoms in total. The fourth-order valence-corrected chi connectivity index (χ4v) is 2.72. The van der Waals surface area contributed by atoms with Gasteiger partial charge in [-0.1, -0.05) is 18.2 Å². The molecule has 3 N–H and O–H groups in total. The number of aliphatic hydroxyl groups is 1. The number of nitrogens with zero attached hydrogens (tertiary/aromatic N) is 5. The highest BCUT2D eigenvalue weighted by Crippen LogP contribution is 2.26. The van der Waals surface area contributed by atoms with E-state index in [2.05, 4.69) is 20.9 Å². The molecule has 2 aliphatic rings. The van der Waals surface area contributed by atoms with Crippen molar-refractivity contribution < 1.29 is 9.50 Å². The standard InChI is InChI=1S/C17H18FN7O/c18-14-4-2-1-3-13(14)10-25-16-11-24(12-19-15(16)9-20-25)22-17-5-6-23(21-17)7-8-26/h1-6,9,11-12,20,26H,7-8,10H2,(H,21,22). The normalized spacial score (nSPS) is 15.5. The number of aromatic nitrogens is 2. The zero-order chi connectivity index (χ0) is 17.9. The third kappa shape index (κ3) is 3.24. The molecule has 134 valence electrons. The Morgan fingerprint density at radius 1 is 1.23 bits per heavy atom. The lowest BCUT2D eigenvalue weighted by Gasteiger charge is -2.26. The molecule has 0 radical (unpaired) electrons. The third-order valence-electron chi connectivity index (χ3n) is 3.99. The van der Waals surface area contributed by atoms with Crippen molar-refractivity contribution in [2.24, 2.45) is 4.99 Å². The lowest BCUT2D eigenvalue weighted by Crippen LogP contribution is -2.33. The fraction of sp³-hybridized carbons (Fsp3) is 0.176. The van der Waals surface area contributed by atoms with Gasteiger partial charge in [0, 0.05) is 24.0 Å². The van der Waals surface area contributed by atoms with Crippen molar-refractivity contribution in [3.05, 3.63) is 71.7 Å². The minimum Gasteiger partial charge on any atom is -0.394 e. The molecule has 3 heterocycles. The molecule has 26 heavy (non-hydrogen) atoms. The topological polar surface area (TPSA) is 80.9 Å². The number of nitrogens with one attached hydrogen (secondary N) is 2. The summed E-state index contributed by atoms with van der Waals surface area (Å²) in [6, 6.07) is 8.49. The van der Waals surface area contributed by atoms with Crippen molar-refractivity contribution in [3.63, 3.8) is 0 Å². The molecule has 0 bridgehead atoms. The zero-order valence-electron chi connectivity index (χ0n) is 13.9. The quantitative estimate of drug-likeness (QED) is 0.727. The van der Waals surface area contributed by atoms with E-state index in [1.807, 2.05) is 17.3 Å². The van der Waals surface area contributed by atoms with E-state index in [4.69, 9.17) is 5.11 Å². The Morgan fingerprint density at radius 3 is 2.96 bits per heavy atom. The monoisotopic (exact) mass is 355 g/mol. The Kier molecular flexibility index (Phi) is 4.28. The Labute approximate surface area is 149 Å². The Morgan fingerprint density at radius 2 is 2.12 bits per heavy atom. The Hall–Kier alpha value is -3.33. The Bertz CT molecular complexity index is 889. The number of halogens is 1. The second-order valence-electron chi connectivity index (χ2n) is 5.80. The maximum absolute atomic E-state index is 13.9. The number of hydrogen-bond donors (Lipinski definition) is 3. The largest absolute Gasteiger partial charge is 0.394 e. The average molecular weight is 355 g/mol. The molecule has 0 fully saturated rings. The molecule has 2 aliphatic heterocycles. The van der Waals surface area contributed by atoms with E-state index >= 15 is 0 Å². The zero-order valence-corrected chi connectivity index (χ0v) is 13.9. The highest BCUT2D eigenvalue weighted by Gasteiger charge is 2.24. The molecule has 1 aromatic heterocycles. The van der Waals surface area contributed by atoms with Gasteiger partial charge in [-0.15, -0.1) is 0 Å². The molecule has 0 aliphatic carbocycles. The van der Waals surface area contributed by atoms with Crippen molar-refractivity contribution in [2.75, 3.05) is 12.0 Å². The molecular weight excluding hydrogens is 337 g/mol. The second kappa shape index (κ2) is 6.89. The first kappa shape index (κ1) is 16.2. The summed E-state index contributed by atoms with van der Waals surface area (Å²) in [7, 11) is 0. The number of rotatable bonds is 6. The molecule has 2 aromatic rings. The van der Waals surface area contributed by atoms with Crippen molar-refractivity contribution in [3.8, 4) is 0 Å². The van der Waals surface area contributed by atoms with Crippen LogP contribution in [-0.4, -0.2) is 37.9 Å². The summed E-state index contributed by atoms with van der Waals surface area (Å²) in [5.74, 6) is 0.382. The van der Waals surface area contributed by atoms with Gasteiger partial charge in [0.15, 0.2) is 5.82 Å². The number of benzene rings is 1. The van der Waals surface area contributed by atoms with Gasteiger partial charge in [-0.05, 0) is 6.07 Å². The number of fused-ring (bicyclic) bond motifs is 1. The molecule has 0 unspecified atom stereocenters. The van der Waals surface area contributed by atoms with Crippen LogP contribution in [0.5, 0.6) is 0 Å². The highest BCUT2D eigenvalue weighted by atomic mass is 19.1. The molecule has 9 heteroatoms. The van der Waals surface area contributed by atoms with Crippen LogP contribution in [0.3, 0.4) is 0 Å². The summed E-state index contributed by atoms with van der Waals surface area (Å²) < 4.78 is 15.6. The van der Waals surface area contributed by atoms with Crippen LogP contribution in [0.1, 0.15) is 5.56 Å². The van der Waals surface area contributed by atoms with Gasteiger partial charge >= 0.3 is 0 Å². The van der Waals surface area contributed by atoms with Crippen molar-refractivity contribution in [1.82, 2.24) is 25.2 Å². The minimum atomic E-state index is -0.243. The number of hydrazine groups is 2. The average Bonchev–Trinajstić information content (AvgIpc) is 3.24. The van der Waals surface area contributed by atoms with E-state index in [1.165, 1.54) is 6.07 Å². The molecule has 0 spiro atoms. The summed E-state index contributed by atoms with van der Waals surface area (Å²) in [5.41, 5.74) is 8.38. The van der Waals surface area contributed by atoms with Gasteiger partial charge in [-0.25, -0.2) is 14.4 Å². The first-order chi connectivity index (χ1) is 12.7. The summed E-state index contributed by atoms with van der Waals surface area (Å²) in [4.78, 5) is 4.39. The van der Waals surface area contributed by atoms with Crippen LogP contribution in [0.4, 0.5) is 10.2 Å².